The van der Waals surface area contributed by atoms with Gasteiger partial charge in [-0.05, 0) is 43.9 Å². The SMILES string of the molecule is CC(Nc1ccc(S(N)(=O)=O)cc1N)C1CCC1. The zero-order valence-corrected chi connectivity index (χ0v) is 11.2. The van der Waals surface area contributed by atoms with E-state index < -0.39 is 10.0 Å². The highest BCUT2D eigenvalue weighted by Gasteiger charge is 2.24. The average molecular weight is 269 g/mol. The molecule has 1 unspecified atom stereocenters. The Kier molecular flexibility index (Phi) is 3.49. The highest BCUT2D eigenvalue weighted by molar-refractivity contribution is 7.89. The number of primary sulfonamides is 1. The molecule has 1 saturated carbocycles. The Labute approximate surface area is 108 Å². The van der Waals surface area contributed by atoms with Gasteiger partial charge in [0.1, 0.15) is 0 Å². The lowest BCUT2D eigenvalue weighted by Crippen LogP contribution is -2.31. The monoisotopic (exact) mass is 269 g/mol. The summed E-state index contributed by atoms with van der Waals surface area (Å²) in [5.41, 5.74) is 7.02. The van der Waals surface area contributed by atoms with Crippen LogP contribution in [0, 0.1) is 5.92 Å². The minimum absolute atomic E-state index is 0.0434. The summed E-state index contributed by atoms with van der Waals surface area (Å²) in [6.07, 6.45) is 3.77. The van der Waals surface area contributed by atoms with Crippen molar-refractivity contribution in [3.8, 4) is 0 Å². The second-order valence-electron chi connectivity index (χ2n) is 4.92. The molecule has 0 aromatic heterocycles. The molecule has 1 aromatic rings. The molecule has 0 aliphatic heterocycles. The van der Waals surface area contributed by atoms with Gasteiger partial charge in [0.25, 0.3) is 0 Å². The lowest BCUT2D eigenvalue weighted by atomic mass is 9.80. The fraction of sp³-hybridized carbons (Fsp3) is 0.500. The first-order valence-corrected chi connectivity index (χ1v) is 7.61. The molecule has 2 rings (SSSR count). The van der Waals surface area contributed by atoms with E-state index in [1.807, 2.05) is 0 Å². The van der Waals surface area contributed by atoms with E-state index >= 15 is 0 Å². The fourth-order valence-corrected chi connectivity index (χ4v) is 2.70. The minimum Gasteiger partial charge on any atom is -0.397 e. The van der Waals surface area contributed by atoms with Crippen molar-refractivity contribution in [2.45, 2.75) is 37.1 Å². The van der Waals surface area contributed by atoms with E-state index in [-0.39, 0.29) is 4.90 Å². The zero-order chi connectivity index (χ0) is 13.3. The highest BCUT2D eigenvalue weighted by Crippen LogP contribution is 2.32. The third-order valence-electron chi connectivity index (χ3n) is 3.59. The Morgan fingerprint density at radius 2 is 2.06 bits per heavy atom. The Morgan fingerprint density at radius 3 is 2.50 bits per heavy atom. The molecular weight excluding hydrogens is 250 g/mol. The molecule has 1 fully saturated rings. The van der Waals surface area contributed by atoms with Crippen molar-refractivity contribution in [3.05, 3.63) is 18.2 Å². The average Bonchev–Trinajstić information content (AvgIpc) is 2.16. The first-order valence-electron chi connectivity index (χ1n) is 6.07. The van der Waals surface area contributed by atoms with Gasteiger partial charge in [-0.1, -0.05) is 6.42 Å². The summed E-state index contributed by atoms with van der Waals surface area (Å²) in [4.78, 5) is 0.0434. The molecule has 6 heteroatoms. The van der Waals surface area contributed by atoms with Crippen LogP contribution in [0.5, 0.6) is 0 Å². The number of hydrogen-bond acceptors (Lipinski definition) is 4. The van der Waals surface area contributed by atoms with Crippen molar-refractivity contribution in [1.82, 2.24) is 0 Å². The van der Waals surface area contributed by atoms with Crippen LogP contribution in [0.25, 0.3) is 0 Å². The summed E-state index contributed by atoms with van der Waals surface area (Å²) >= 11 is 0. The quantitative estimate of drug-likeness (QED) is 0.722. The van der Waals surface area contributed by atoms with Crippen LogP contribution in [0.4, 0.5) is 11.4 Å². The van der Waals surface area contributed by atoms with Crippen LogP contribution >= 0.6 is 0 Å². The van der Waals surface area contributed by atoms with Gasteiger partial charge in [0.2, 0.25) is 10.0 Å². The highest BCUT2D eigenvalue weighted by atomic mass is 32.2. The third-order valence-corrected chi connectivity index (χ3v) is 4.50. The van der Waals surface area contributed by atoms with Crippen LogP contribution in [0.1, 0.15) is 26.2 Å². The van der Waals surface area contributed by atoms with Crippen molar-refractivity contribution in [2.75, 3.05) is 11.1 Å². The van der Waals surface area contributed by atoms with Gasteiger partial charge in [-0.2, -0.15) is 0 Å². The molecule has 18 heavy (non-hydrogen) atoms. The van der Waals surface area contributed by atoms with E-state index in [1.165, 1.54) is 31.4 Å². The Morgan fingerprint density at radius 1 is 1.39 bits per heavy atom. The molecular formula is C12H19N3O2S. The third kappa shape index (κ3) is 2.76. The van der Waals surface area contributed by atoms with Crippen LogP contribution in [-0.2, 0) is 10.0 Å². The second-order valence-corrected chi connectivity index (χ2v) is 6.48. The van der Waals surface area contributed by atoms with Gasteiger partial charge in [0, 0.05) is 6.04 Å². The van der Waals surface area contributed by atoms with Gasteiger partial charge in [0.05, 0.1) is 16.3 Å². The molecule has 1 aliphatic carbocycles. The minimum atomic E-state index is -3.69. The van der Waals surface area contributed by atoms with Crippen LogP contribution in [-0.4, -0.2) is 14.5 Å². The second kappa shape index (κ2) is 4.78. The zero-order valence-electron chi connectivity index (χ0n) is 10.4. The van der Waals surface area contributed by atoms with Crippen LogP contribution < -0.4 is 16.2 Å². The maximum absolute atomic E-state index is 11.2. The van der Waals surface area contributed by atoms with Gasteiger partial charge in [-0.3, -0.25) is 0 Å². The number of nitrogen functional groups attached to an aromatic ring is 1. The molecule has 0 saturated heterocycles. The maximum Gasteiger partial charge on any atom is 0.238 e. The predicted octanol–water partition coefficient (Wildman–Crippen LogP) is 1.52. The summed E-state index contributed by atoms with van der Waals surface area (Å²) in [7, 11) is -3.69. The van der Waals surface area contributed by atoms with Crippen molar-refractivity contribution < 1.29 is 8.42 Å². The fourth-order valence-electron chi connectivity index (χ4n) is 2.15. The number of hydrogen-bond donors (Lipinski definition) is 3. The number of nitrogens with one attached hydrogen (secondary N) is 1. The van der Waals surface area contributed by atoms with Gasteiger partial charge in [0.15, 0.2) is 0 Å². The van der Waals surface area contributed by atoms with E-state index in [2.05, 4.69) is 12.2 Å². The van der Waals surface area contributed by atoms with Gasteiger partial charge in [-0.25, -0.2) is 13.6 Å². The molecule has 0 heterocycles. The largest absolute Gasteiger partial charge is 0.397 e. The van der Waals surface area contributed by atoms with Crippen LogP contribution in [0.15, 0.2) is 23.1 Å². The summed E-state index contributed by atoms with van der Waals surface area (Å²) in [6, 6.07) is 4.89. The number of sulfonamides is 1. The lowest BCUT2D eigenvalue weighted by molar-refractivity contribution is 0.285. The summed E-state index contributed by atoms with van der Waals surface area (Å²) < 4.78 is 22.4. The first-order chi connectivity index (χ1) is 8.38. The molecule has 0 bridgehead atoms. The number of nitrogens with two attached hydrogens (primary N) is 2. The van der Waals surface area contributed by atoms with Crippen LogP contribution in [0.3, 0.4) is 0 Å². The topological polar surface area (TPSA) is 98.2 Å². The molecule has 1 aromatic carbocycles. The van der Waals surface area contributed by atoms with Crippen molar-refractivity contribution in [1.29, 1.82) is 0 Å². The van der Waals surface area contributed by atoms with Crippen molar-refractivity contribution in [3.63, 3.8) is 0 Å². The van der Waals surface area contributed by atoms with Gasteiger partial charge >= 0.3 is 0 Å². The molecule has 0 spiro atoms. The van der Waals surface area contributed by atoms with Crippen molar-refractivity contribution >= 4 is 21.4 Å². The Hall–Kier alpha value is -1.27. The van der Waals surface area contributed by atoms with E-state index in [0.29, 0.717) is 17.6 Å². The maximum atomic E-state index is 11.2. The molecule has 1 atom stereocenters. The molecule has 5 nitrogen and oxygen atoms in total. The smallest absolute Gasteiger partial charge is 0.238 e. The molecule has 0 amide bonds. The molecule has 0 radical (unpaired) electrons. The standard InChI is InChI=1S/C12H19N3O2S/c1-8(9-3-2-4-9)15-12-6-5-10(7-11(12)13)18(14,16)17/h5-9,15H,2-4,13H2,1H3,(H2,14,16,17). The molecule has 100 valence electrons. The Bertz CT molecular complexity index is 538. The lowest BCUT2D eigenvalue weighted by Gasteiger charge is -2.32. The van der Waals surface area contributed by atoms with Crippen molar-refractivity contribution in [2.24, 2.45) is 11.1 Å². The first kappa shape index (κ1) is 13.2. The molecule has 5 N–H and O–H groups in total. The summed E-state index contributed by atoms with van der Waals surface area (Å²) in [5.74, 6) is 0.683. The number of benzene rings is 1. The molecule has 1 aliphatic rings. The van der Waals surface area contributed by atoms with Gasteiger partial charge in [-0.15, -0.1) is 0 Å². The van der Waals surface area contributed by atoms with Gasteiger partial charge < -0.3 is 11.1 Å². The number of anilines is 2. The predicted molar refractivity (Wildman–Crippen MR) is 72.7 cm³/mol. The van der Waals surface area contributed by atoms with E-state index in [9.17, 15) is 8.42 Å². The normalized spacial score (nSPS) is 18.1. The van der Waals surface area contributed by atoms with E-state index in [1.54, 1.807) is 6.07 Å². The van der Waals surface area contributed by atoms with E-state index in [0.717, 1.165) is 5.69 Å². The van der Waals surface area contributed by atoms with E-state index in [4.69, 9.17) is 10.9 Å². The summed E-state index contributed by atoms with van der Waals surface area (Å²) in [6.45, 7) is 2.12. The summed E-state index contributed by atoms with van der Waals surface area (Å²) in [5, 5.41) is 8.38. The van der Waals surface area contributed by atoms with Crippen LogP contribution in [0.2, 0.25) is 0 Å². The Balaban J connectivity index is 2.14. The number of rotatable bonds is 4.